The van der Waals surface area contributed by atoms with E-state index in [1.165, 1.54) is 12.1 Å². The molecule has 0 aliphatic carbocycles. The molecule has 1 atom stereocenters. The summed E-state index contributed by atoms with van der Waals surface area (Å²) >= 11 is 0. The Balaban J connectivity index is 1.40. The number of benzene rings is 3. The van der Waals surface area contributed by atoms with Gasteiger partial charge in [-0.1, -0.05) is 36.4 Å². The fourth-order valence-electron chi connectivity index (χ4n) is 4.42. The minimum absolute atomic E-state index is 0.154. The van der Waals surface area contributed by atoms with E-state index in [2.05, 4.69) is 26.9 Å². The molecular weight excluding hydrogens is 449 g/mol. The number of aryl methyl sites for hydroxylation is 1. The predicted octanol–water partition coefficient (Wildman–Crippen LogP) is 3.83. The van der Waals surface area contributed by atoms with Crippen LogP contribution in [-0.2, 0) is 11.3 Å². The van der Waals surface area contributed by atoms with E-state index in [9.17, 15) is 18.8 Å². The highest BCUT2D eigenvalue weighted by atomic mass is 19.1. The molecule has 1 aliphatic heterocycles. The Morgan fingerprint density at radius 1 is 1.14 bits per heavy atom. The van der Waals surface area contributed by atoms with Gasteiger partial charge in [0, 0.05) is 24.0 Å². The van der Waals surface area contributed by atoms with Gasteiger partial charge in [-0.3, -0.25) is 20.0 Å². The number of imide groups is 1. The second-order valence-corrected chi connectivity index (χ2v) is 8.47. The smallest absolute Gasteiger partial charge is 0.321 e. The molecule has 3 aromatic carbocycles. The van der Waals surface area contributed by atoms with E-state index in [-0.39, 0.29) is 12.5 Å². The second-order valence-electron chi connectivity index (χ2n) is 8.47. The highest BCUT2D eigenvalue weighted by molar-refractivity contribution is 5.98. The van der Waals surface area contributed by atoms with Crippen molar-refractivity contribution in [3.8, 4) is 11.1 Å². The van der Waals surface area contributed by atoms with Gasteiger partial charge in [-0.15, -0.1) is 0 Å². The molecule has 3 N–H and O–H groups in total. The number of halogens is 1. The number of hydrogen-bond acceptors (Lipinski definition) is 4. The van der Waals surface area contributed by atoms with Gasteiger partial charge in [0.25, 0.3) is 5.91 Å². The molecule has 1 aromatic heterocycles. The lowest BCUT2D eigenvalue weighted by Crippen LogP contribution is -2.42. The van der Waals surface area contributed by atoms with E-state index >= 15 is 0 Å². The fraction of sp³-hybridized carbons (Fsp3) is 0.154. The Bertz CT molecular complexity index is 1450. The Labute approximate surface area is 200 Å². The van der Waals surface area contributed by atoms with Crippen molar-refractivity contribution in [1.82, 2.24) is 25.7 Å². The second kappa shape index (κ2) is 9.02. The van der Waals surface area contributed by atoms with Crippen LogP contribution in [0.1, 0.15) is 33.2 Å². The molecule has 4 aromatic rings. The molecule has 0 fully saturated rings. The summed E-state index contributed by atoms with van der Waals surface area (Å²) in [5.74, 6) is -0.777. The molecule has 2 heterocycles. The van der Waals surface area contributed by atoms with Crippen molar-refractivity contribution < 1.29 is 18.8 Å². The van der Waals surface area contributed by atoms with Crippen molar-refractivity contribution in [3.63, 3.8) is 0 Å². The van der Waals surface area contributed by atoms with Gasteiger partial charge in [0.1, 0.15) is 5.82 Å². The summed E-state index contributed by atoms with van der Waals surface area (Å²) in [4.78, 5) is 37.3. The van der Waals surface area contributed by atoms with Gasteiger partial charge in [0.2, 0.25) is 6.41 Å². The number of H-pyrrole nitrogens is 1. The minimum atomic E-state index is -0.676. The van der Waals surface area contributed by atoms with Crippen LogP contribution in [0.25, 0.3) is 22.0 Å². The van der Waals surface area contributed by atoms with E-state index in [0.717, 1.165) is 38.9 Å². The molecule has 9 heteroatoms. The Morgan fingerprint density at radius 3 is 2.69 bits per heavy atom. The molecule has 0 radical (unpaired) electrons. The summed E-state index contributed by atoms with van der Waals surface area (Å²) in [5, 5.41) is 13.1. The monoisotopic (exact) mass is 471 g/mol. The number of rotatable bonds is 6. The van der Waals surface area contributed by atoms with E-state index in [1.54, 1.807) is 11.0 Å². The van der Waals surface area contributed by atoms with Crippen molar-refractivity contribution in [3.05, 3.63) is 88.9 Å². The SMILES string of the molecule is Cc1n[nH]c2ccc(-c3ccc([C@H](CN4Cc5ccc(F)cc5C4=O)NC(=O)NC=O)cc3)cc12. The third kappa shape index (κ3) is 4.35. The zero-order valence-electron chi connectivity index (χ0n) is 18.8. The number of nitrogens with one attached hydrogen (secondary N) is 3. The number of amides is 4. The standard InChI is InChI=1S/C26H22FN5O3/c1-15-21-10-18(7-9-23(21)31-30-15)16-2-4-17(5-3-16)24(29-26(35)28-14-33)13-32-12-19-6-8-20(27)11-22(19)25(32)34/h2-11,14,24H,12-13H2,1H3,(H,30,31)(H2,28,29,33,35)/t24-/m0/s1. The van der Waals surface area contributed by atoms with Crippen LogP contribution in [0.3, 0.4) is 0 Å². The lowest BCUT2D eigenvalue weighted by molar-refractivity contribution is -0.108. The van der Waals surface area contributed by atoms with Crippen LogP contribution in [0.15, 0.2) is 60.7 Å². The topological polar surface area (TPSA) is 107 Å². The molecule has 0 spiro atoms. The molecule has 0 saturated heterocycles. The van der Waals surface area contributed by atoms with E-state index in [0.29, 0.717) is 18.5 Å². The molecule has 0 unspecified atom stereocenters. The van der Waals surface area contributed by atoms with Gasteiger partial charge < -0.3 is 10.2 Å². The Morgan fingerprint density at radius 2 is 1.91 bits per heavy atom. The molecule has 1 aliphatic rings. The number of nitrogens with zero attached hydrogens (tertiary/aromatic N) is 2. The van der Waals surface area contributed by atoms with Gasteiger partial charge in [-0.2, -0.15) is 5.10 Å². The summed E-state index contributed by atoms with van der Waals surface area (Å²) < 4.78 is 13.6. The van der Waals surface area contributed by atoms with Crippen LogP contribution in [-0.4, -0.2) is 40.0 Å². The fourth-order valence-corrected chi connectivity index (χ4v) is 4.42. The third-order valence-electron chi connectivity index (χ3n) is 6.25. The molecule has 35 heavy (non-hydrogen) atoms. The van der Waals surface area contributed by atoms with E-state index < -0.39 is 17.9 Å². The molecule has 8 nitrogen and oxygen atoms in total. The zero-order chi connectivity index (χ0) is 24.5. The number of carbonyl (C=O) groups excluding carboxylic acids is 3. The van der Waals surface area contributed by atoms with Crippen LogP contribution in [0.5, 0.6) is 0 Å². The van der Waals surface area contributed by atoms with Crippen molar-refractivity contribution in [2.24, 2.45) is 0 Å². The lowest BCUT2D eigenvalue weighted by Gasteiger charge is -2.25. The third-order valence-corrected chi connectivity index (χ3v) is 6.25. The first-order valence-corrected chi connectivity index (χ1v) is 11.1. The number of urea groups is 1. The molecule has 176 valence electrons. The molecule has 4 amide bonds. The van der Waals surface area contributed by atoms with Gasteiger partial charge in [0.05, 0.1) is 17.3 Å². The van der Waals surface area contributed by atoms with Crippen LogP contribution >= 0.6 is 0 Å². The average molecular weight is 471 g/mol. The molecule has 5 rings (SSSR count). The number of carbonyl (C=O) groups is 3. The number of aromatic amines is 1. The highest BCUT2D eigenvalue weighted by Crippen LogP contribution is 2.29. The van der Waals surface area contributed by atoms with Crippen molar-refractivity contribution in [2.45, 2.75) is 19.5 Å². The quantitative estimate of drug-likeness (QED) is 0.372. The molecular formula is C26H22FN5O3. The Kier molecular flexibility index (Phi) is 5.74. The van der Waals surface area contributed by atoms with Gasteiger partial charge in [0.15, 0.2) is 0 Å². The number of hydrogen-bond donors (Lipinski definition) is 3. The number of fused-ring (bicyclic) bond motifs is 2. The first-order valence-electron chi connectivity index (χ1n) is 11.1. The van der Waals surface area contributed by atoms with Crippen LogP contribution < -0.4 is 10.6 Å². The summed E-state index contributed by atoms with van der Waals surface area (Å²) in [5.41, 5.74) is 5.68. The minimum Gasteiger partial charge on any atom is -0.332 e. The normalized spacial score (nSPS) is 13.5. The summed E-state index contributed by atoms with van der Waals surface area (Å²) in [6.07, 6.45) is 0.295. The molecule has 0 saturated carbocycles. The van der Waals surface area contributed by atoms with Crippen molar-refractivity contribution >= 4 is 29.3 Å². The predicted molar refractivity (Wildman–Crippen MR) is 128 cm³/mol. The maximum Gasteiger partial charge on any atom is 0.321 e. The first-order chi connectivity index (χ1) is 16.9. The summed E-state index contributed by atoms with van der Waals surface area (Å²) in [6.45, 7) is 2.41. The van der Waals surface area contributed by atoms with Gasteiger partial charge >= 0.3 is 6.03 Å². The number of aromatic nitrogens is 2. The van der Waals surface area contributed by atoms with Crippen LogP contribution in [0.2, 0.25) is 0 Å². The summed E-state index contributed by atoms with van der Waals surface area (Å²) in [6, 6.07) is 16.6. The van der Waals surface area contributed by atoms with Crippen molar-refractivity contribution in [2.75, 3.05) is 6.54 Å². The largest absolute Gasteiger partial charge is 0.332 e. The summed E-state index contributed by atoms with van der Waals surface area (Å²) in [7, 11) is 0. The van der Waals surface area contributed by atoms with Gasteiger partial charge in [-0.25, -0.2) is 9.18 Å². The average Bonchev–Trinajstić information content (AvgIpc) is 3.38. The van der Waals surface area contributed by atoms with E-state index in [1.807, 2.05) is 43.3 Å². The zero-order valence-corrected chi connectivity index (χ0v) is 18.8. The first kappa shape index (κ1) is 22.3. The van der Waals surface area contributed by atoms with Crippen LogP contribution in [0, 0.1) is 12.7 Å². The van der Waals surface area contributed by atoms with E-state index in [4.69, 9.17) is 0 Å². The molecule has 0 bridgehead atoms. The maximum atomic E-state index is 13.6. The Hall–Kier alpha value is -4.53. The highest BCUT2D eigenvalue weighted by Gasteiger charge is 2.30. The van der Waals surface area contributed by atoms with Crippen molar-refractivity contribution in [1.29, 1.82) is 0 Å². The lowest BCUT2D eigenvalue weighted by atomic mass is 9.99. The van der Waals surface area contributed by atoms with Crippen LogP contribution in [0.4, 0.5) is 9.18 Å². The van der Waals surface area contributed by atoms with Gasteiger partial charge in [-0.05, 0) is 53.4 Å². The maximum absolute atomic E-state index is 13.6.